The molecule has 1 unspecified atom stereocenters. The van der Waals surface area contributed by atoms with Gasteiger partial charge in [0.05, 0.1) is 5.38 Å². The Morgan fingerprint density at radius 3 is 2.21 bits per heavy atom. The highest BCUT2D eigenvalue weighted by atomic mass is 79.9. The first-order chi connectivity index (χ1) is 8.90. The fourth-order valence-corrected chi connectivity index (χ4v) is 2.43. The van der Waals surface area contributed by atoms with Crippen molar-refractivity contribution in [1.29, 1.82) is 0 Å². The van der Waals surface area contributed by atoms with Crippen molar-refractivity contribution in [2.45, 2.75) is 12.3 Å². The Labute approximate surface area is 122 Å². The summed E-state index contributed by atoms with van der Waals surface area (Å²) in [5.74, 6) is -1.98. The Kier molecular flexibility index (Phi) is 4.21. The van der Waals surface area contributed by atoms with E-state index in [1.165, 1.54) is 25.1 Å². The lowest BCUT2D eigenvalue weighted by Crippen LogP contribution is -2.02. The molecule has 0 nitrogen and oxygen atoms in total. The topological polar surface area (TPSA) is 0 Å². The average Bonchev–Trinajstić information content (AvgIpc) is 2.33. The van der Waals surface area contributed by atoms with Crippen LogP contribution >= 0.6 is 27.5 Å². The van der Waals surface area contributed by atoms with E-state index in [4.69, 9.17) is 11.6 Å². The number of aryl methyl sites for hydroxylation is 1. The summed E-state index contributed by atoms with van der Waals surface area (Å²) in [6, 6.07) is 6.39. The molecule has 0 spiro atoms. The molecule has 0 bridgehead atoms. The van der Waals surface area contributed by atoms with Gasteiger partial charge in [-0.15, -0.1) is 11.6 Å². The first-order valence-electron chi connectivity index (χ1n) is 5.44. The van der Waals surface area contributed by atoms with E-state index >= 15 is 0 Å². The van der Waals surface area contributed by atoms with Gasteiger partial charge in [0.15, 0.2) is 0 Å². The number of halogens is 5. The summed E-state index contributed by atoms with van der Waals surface area (Å²) in [6.45, 7) is 1.50. The molecule has 0 aliphatic heterocycles. The second kappa shape index (κ2) is 5.55. The Hall–Kier alpha value is -1.00. The summed E-state index contributed by atoms with van der Waals surface area (Å²) < 4.78 is 41.3. The van der Waals surface area contributed by atoms with Crippen LogP contribution < -0.4 is 0 Å². The summed E-state index contributed by atoms with van der Waals surface area (Å²) in [4.78, 5) is 0. The van der Waals surface area contributed by atoms with Crippen molar-refractivity contribution >= 4 is 27.5 Å². The van der Waals surface area contributed by atoms with Crippen molar-refractivity contribution < 1.29 is 13.2 Å². The molecule has 0 fully saturated rings. The van der Waals surface area contributed by atoms with E-state index in [0.29, 0.717) is 4.47 Å². The Balaban J connectivity index is 2.49. The van der Waals surface area contributed by atoms with E-state index in [9.17, 15) is 13.2 Å². The van der Waals surface area contributed by atoms with E-state index in [-0.39, 0.29) is 16.7 Å². The monoisotopic (exact) mass is 348 g/mol. The Bertz CT molecular complexity index is 628. The third-order valence-electron chi connectivity index (χ3n) is 2.79. The molecular formula is C14H9BrClF3. The van der Waals surface area contributed by atoms with Gasteiger partial charge in [-0.1, -0.05) is 22.0 Å². The lowest BCUT2D eigenvalue weighted by Gasteiger charge is -2.13. The SMILES string of the molecule is Cc1cc(C(Cl)c2ccc(Br)cc2F)c(F)cc1F. The number of rotatable bonds is 2. The summed E-state index contributed by atoms with van der Waals surface area (Å²) in [5, 5.41) is -1.01. The van der Waals surface area contributed by atoms with E-state index in [1.807, 2.05) is 0 Å². The van der Waals surface area contributed by atoms with Crippen molar-refractivity contribution in [2.75, 3.05) is 0 Å². The van der Waals surface area contributed by atoms with Crippen LogP contribution in [0.15, 0.2) is 34.8 Å². The highest BCUT2D eigenvalue weighted by Crippen LogP contribution is 2.34. The van der Waals surface area contributed by atoms with Gasteiger partial charge >= 0.3 is 0 Å². The van der Waals surface area contributed by atoms with Crippen LogP contribution in [0, 0.1) is 24.4 Å². The quantitative estimate of drug-likeness (QED) is 0.628. The van der Waals surface area contributed by atoms with Gasteiger partial charge in [-0.05, 0) is 30.7 Å². The number of benzene rings is 2. The van der Waals surface area contributed by atoms with Gasteiger partial charge in [0, 0.05) is 21.7 Å². The number of alkyl halides is 1. The fourth-order valence-electron chi connectivity index (χ4n) is 1.75. The van der Waals surface area contributed by atoms with Gasteiger partial charge in [0.2, 0.25) is 0 Å². The van der Waals surface area contributed by atoms with E-state index in [2.05, 4.69) is 15.9 Å². The maximum atomic E-state index is 13.8. The van der Waals surface area contributed by atoms with E-state index in [1.54, 1.807) is 6.07 Å². The van der Waals surface area contributed by atoms with Crippen LogP contribution in [0.4, 0.5) is 13.2 Å². The highest BCUT2D eigenvalue weighted by molar-refractivity contribution is 9.10. The second-order valence-corrected chi connectivity index (χ2v) is 5.50. The Morgan fingerprint density at radius 1 is 0.947 bits per heavy atom. The van der Waals surface area contributed by atoms with Crippen molar-refractivity contribution in [3.63, 3.8) is 0 Å². The van der Waals surface area contributed by atoms with Crippen molar-refractivity contribution in [2.24, 2.45) is 0 Å². The molecule has 1 atom stereocenters. The molecule has 2 aromatic carbocycles. The maximum Gasteiger partial charge on any atom is 0.131 e. The van der Waals surface area contributed by atoms with Crippen LogP contribution in [-0.2, 0) is 0 Å². The number of hydrogen-bond donors (Lipinski definition) is 0. The van der Waals surface area contributed by atoms with Crippen LogP contribution in [0.1, 0.15) is 22.1 Å². The zero-order valence-electron chi connectivity index (χ0n) is 9.85. The number of hydrogen-bond acceptors (Lipinski definition) is 0. The second-order valence-electron chi connectivity index (χ2n) is 4.15. The zero-order valence-corrected chi connectivity index (χ0v) is 12.2. The third-order valence-corrected chi connectivity index (χ3v) is 3.75. The van der Waals surface area contributed by atoms with Gasteiger partial charge in [-0.2, -0.15) is 0 Å². The van der Waals surface area contributed by atoms with Gasteiger partial charge in [-0.25, -0.2) is 13.2 Å². The molecule has 0 aliphatic rings. The lowest BCUT2D eigenvalue weighted by atomic mass is 10.0. The molecule has 19 heavy (non-hydrogen) atoms. The van der Waals surface area contributed by atoms with Crippen LogP contribution in [0.25, 0.3) is 0 Å². The highest BCUT2D eigenvalue weighted by Gasteiger charge is 2.20. The normalized spacial score (nSPS) is 12.5. The van der Waals surface area contributed by atoms with Crippen LogP contribution in [-0.4, -0.2) is 0 Å². The van der Waals surface area contributed by atoms with Crippen LogP contribution in [0.2, 0.25) is 0 Å². The molecule has 5 heteroatoms. The molecule has 0 aliphatic carbocycles. The van der Waals surface area contributed by atoms with E-state index in [0.717, 1.165) is 6.07 Å². The summed E-state index contributed by atoms with van der Waals surface area (Å²) >= 11 is 9.23. The minimum atomic E-state index is -1.01. The molecule has 0 saturated heterocycles. The van der Waals surface area contributed by atoms with Crippen LogP contribution in [0.3, 0.4) is 0 Å². The predicted octanol–water partition coefficient (Wildman–Crippen LogP) is 5.50. The first-order valence-corrected chi connectivity index (χ1v) is 6.67. The predicted molar refractivity (Wildman–Crippen MR) is 72.9 cm³/mol. The lowest BCUT2D eigenvalue weighted by molar-refractivity contribution is 0.565. The molecule has 100 valence electrons. The minimum absolute atomic E-state index is 0.0572. The van der Waals surface area contributed by atoms with Crippen molar-refractivity contribution in [3.8, 4) is 0 Å². The molecule has 0 heterocycles. The molecule has 2 rings (SSSR count). The van der Waals surface area contributed by atoms with Gasteiger partial charge in [0.1, 0.15) is 17.5 Å². The van der Waals surface area contributed by atoms with Crippen molar-refractivity contribution in [3.05, 3.63) is 68.9 Å². The largest absolute Gasteiger partial charge is 0.207 e. The summed E-state index contributed by atoms with van der Waals surface area (Å²) in [6.07, 6.45) is 0. The third kappa shape index (κ3) is 2.95. The van der Waals surface area contributed by atoms with Gasteiger partial charge < -0.3 is 0 Å². The molecule has 0 saturated carbocycles. The molecule has 0 radical (unpaired) electrons. The standard InChI is InChI=1S/C14H9BrClF3/c1-7-4-10(13(19)6-11(7)17)14(16)9-3-2-8(15)5-12(9)18/h2-6,14H,1H3. The van der Waals surface area contributed by atoms with Crippen LogP contribution in [0.5, 0.6) is 0 Å². The summed E-state index contributed by atoms with van der Waals surface area (Å²) in [5.41, 5.74) is 0.469. The average molecular weight is 350 g/mol. The van der Waals surface area contributed by atoms with Gasteiger partial charge in [0.25, 0.3) is 0 Å². The maximum absolute atomic E-state index is 13.8. The van der Waals surface area contributed by atoms with E-state index < -0.39 is 22.8 Å². The van der Waals surface area contributed by atoms with Crippen molar-refractivity contribution in [1.82, 2.24) is 0 Å². The Morgan fingerprint density at radius 2 is 1.58 bits per heavy atom. The van der Waals surface area contributed by atoms with Gasteiger partial charge in [-0.3, -0.25) is 0 Å². The minimum Gasteiger partial charge on any atom is -0.207 e. The zero-order chi connectivity index (χ0) is 14.2. The molecule has 0 aromatic heterocycles. The molecule has 0 N–H and O–H groups in total. The fraction of sp³-hybridized carbons (Fsp3) is 0.143. The first kappa shape index (κ1) is 14.4. The summed E-state index contributed by atoms with van der Waals surface area (Å²) in [7, 11) is 0. The molecule has 2 aromatic rings. The smallest absolute Gasteiger partial charge is 0.131 e. The molecular weight excluding hydrogens is 341 g/mol. The molecule has 0 amide bonds.